The zero-order valence-electron chi connectivity index (χ0n) is 9.72. The Kier molecular flexibility index (Phi) is 3.67. The minimum atomic E-state index is -1.17. The van der Waals surface area contributed by atoms with Crippen molar-refractivity contribution >= 4 is 17.6 Å². The molecule has 1 heterocycles. The van der Waals surface area contributed by atoms with Gasteiger partial charge in [-0.1, -0.05) is 6.07 Å². The van der Waals surface area contributed by atoms with E-state index in [-0.39, 0.29) is 0 Å². The molecule has 0 unspecified atom stereocenters. The van der Waals surface area contributed by atoms with Gasteiger partial charge in [-0.2, -0.15) is 0 Å². The summed E-state index contributed by atoms with van der Waals surface area (Å²) in [4.78, 5) is 21.7. The number of nitrogens with zero attached hydrogens (tertiary/aromatic N) is 3. The van der Waals surface area contributed by atoms with Crippen molar-refractivity contribution in [2.45, 2.75) is 0 Å². The van der Waals surface area contributed by atoms with Gasteiger partial charge < -0.3 is 10.4 Å². The Morgan fingerprint density at radius 1 is 1.21 bits per heavy atom. The number of benzene rings is 1. The largest absolute Gasteiger partial charge is 0.478 e. The number of nitrogens with one attached hydrogen (secondary N) is 1. The van der Waals surface area contributed by atoms with E-state index >= 15 is 0 Å². The molecule has 0 bridgehead atoms. The van der Waals surface area contributed by atoms with Gasteiger partial charge in [-0.3, -0.25) is 9.36 Å². The van der Waals surface area contributed by atoms with E-state index in [1.54, 1.807) is 22.8 Å². The molecule has 0 aliphatic carbocycles. The van der Waals surface area contributed by atoms with Crippen molar-refractivity contribution in [3.63, 3.8) is 0 Å². The Labute approximate surface area is 108 Å². The summed E-state index contributed by atoms with van der Waals surface area (Å²) in [5.41, 5.74) is 1.33. The van der Waals surface area contributed by atoms with E-state index in [4.69, 9.17) is 5.11 Å². The van der Waals surface area contributed by atoms with Gasteiger partial charge in [-0.05, 0) is 18.2 Å². The third-order valence-corrected chi connectivity index (χ3v) is 2.21. The lowest BCUT2D eigenvalue weighted by molar-refractivity contribution is -0.131. The number of carbonyl (C=O) groups excluding carboxylic acids is 1. The number of anilines is 1. The summed E-state index contributed by atoms with van der Waals surface area (Å²) in [6.07, 6.45) is 4.79. The molecule has 7 nitrogen and oxygen atoms in total. The zero-order valence-corrected chi connectivity index (χ0v) is 9.72. The first kappa shape index (κ1) is 12.5. The van der Waals surface area contributed by atoms with Crippen LogP contribution in [0.15, 0.2) is 49.1 Å². The summed E-state index contributed by atoms with van der Waals surface area (Å²) in [6, 6.07) is 6.99. The predicted octanol–water partition coefficient (Wildman–Crippen LogP) is 0.847. The van der Waals surface area contributed by atoms with Crippen LogP contribution in [-0.2, 0) is 9.59 Å². The van der Waals surface area contributed by atoms with Gasteiger partial charge in [-0.25, -0.2) is 4.79 Å². The fourth-order valence-corrected chi connectivity index (χ4v) is 1.41. The van der Waals surface area contributed by atoms with Crippen LogP contribution in [0.4, 0.5) is 5.69 Å². The number of aromatic nitrogens is 3. The molecule has 0 aliphatic rings. The lowest BCUT2D eigenvalue weighted by atomic mass is 10.2. The first-order valence-electron chi connectivity index (χ1n) is 5.32. The maximum absolute atomic E-state index is 11.4. The highest BCUT2D eigenvalue weighted by molar-refractivity contribution is 6.02. The minimum absolute atomic E-state index is 0.511. The predicted molar refractivity (Wildman–Crippen MR) is 66.8 cm³/mol. The van der Waals surface area contributed by atoms with E-state index in [0.29, 0.717) is 5.69 Å². The third-order valence-electron chi connectivity index (χ3n) is 2.21. The van der Waals surface area contributed by atoms with Gasteiger partial charge in [0.1, 0.15) is 12.7 Å². The number of carboxylic acid groups (broad SMARTS) is 1. The number of carboxylic acids is 1. The van der Waals surface area contributed by atoms with Crippen LogP contribution in [0.3, 0.4) is 0 Å². The van der Waals surface area contributed by atoms with Crippen LogP contribution in [0.2, 0.25) is 0 Å². The molecule has 2 N–H and O–H groups in total. The number of hydrogen-bond acceptors (Lipinski definition) is 4. The molecule has 96 valence electrons. The summed E-state index contributed by atoms with van der Waals surface area (Å²) < 4.78 is 1.68. The molecule has 0 spiro atoms. The summed E-state index contributed by atoms with van der Waals surface area (Å²) in [5, 5.41) is 18.3. The molecule has 0 aliphatic heterocycles. The molecule has 7 heteroatoms. The molecule has 19 heavy (non-hydrogen) atoms. The van der Waals surface area contributed by atoms with Crippen molar-refractivity contribution < 1.29 is 14.7 Å². The van der Waals surface area contributed by atoms with Gasteiger partial charge in [-0.15, -0.1) is 10.2 Å². The number of amides is 1. The van der Waals surface area contributed by atoms with Gasteiger partial charge in [0.25, 0.3) is 0 Å². The summed E-state index contributed by atoms with van der Waals surface area (Å²) in [5.74, 6) is -1.68. The molecule has 0 saturated heterocycles. The second-order valence-electron chi connectivity index (χ2n) is 3.58. The van der Waals surface area contributed by atoms with Crippen LogP contribution in [-0.4, -0.2) is 31.7 Å². The Morgan fingerprint density at radius 3 is 2.63 bits per heavy atom. The van der Waals surface area contributed by atoms with Crippen LogP contribution < -0.4 is 5.32 Å². The molecule has 0 fully saturated rings. The number of hydrogen-bond donors (Lipinski definition) is 2. The molecule has 1 aromatic heterocycles. The average molecular weight is 258 g/mol. The van der Waals surface area contributed by atoms with Gasteiger partial charge in [0.2, 0.25) is 5.91 Å². The minimum Gasteiger partial charge on any atom is -0.478 e. The Morgan fingerprint density at radius 2 is 1.95 bits per heavy atom. The quantitative estimate of drug-likeness (QED) is 0.792. The van der Waals surface area contributed by atoms with E-state index < -0.39 is 11.9 Å². The van der Waals surface area contributed by atoms with Crippen LogP contribution in [0.5, 0.6) is 0 Å². The first-order valence-corrected chi connectivity index (χ1v) is 5.32. The molecule has 2 rings (SSSR count). The molecule has 0 radical (unpaired) electrons. The molecule has 1 amide bonds. The van der Waals surface area contributed by atoms with Crippen molar-refractivity contribution in [3.05, 3.63) is 49.1 Å². The summed E-state index contributed by atoms with van der Waals surface area (Å²) >= 11 is 0. The maximum Gasteiger partial charge on any atom is 0.328 e. The van der Waals surface area contributed by atoms with Crippen molar-refractivity contribution in [2.24, 2.45) is 0 Å². The monoisotopic (exact) mass is 258 g/mol. The molecular weight excluding hydrogens is 248 g/mol. The van der Waals surface area contributed by atoms with E-state index in [1.807, 2.05) is 6.07 Å². The van der Waals surface area contributed by atoms with E-state index in [1.165, 1.54) is 12.7 Å². The second-order valence-corrected chi connectivity index (χ2v) is 3.58. The first-order chi connectivity index (χ1) is 9.15. The molecule has 2 aromatic rings. The molecule has 0 atom stereocenters. The number of aliphatic carboxylic acids is 1. The van der Waals surface area contributed by atoms with Crippen molar-refractivity contribution in [1.82, 2.24) is 14.8 Å². The lowest BCUT2D eigenvalue weighted by Crippen LogP contribution is -2.09. The number of carbonyl (C=O) groups is 2. The highest BCUT2D eigenvalue weighted by Crippen LogP contribution is 2.13. The molecule has 1 aromatic carbocycles. The second kappa shape index (κ2) is 5.58. The lowest BCUT2D eigenvalue weighted by Gasteiger charge is -2.05. The van der Waals surface area contributed by atoms with Gasteiger partial charge in [0.15, 0.2) is 0 Å². The summed E-state index contributed by atoms with van der Waals surface area (Å²) in [7, 11) is 0. The fourth-order valence-electron chi connectivity index (χ4n) is 1.41. The average Bonchev–Trinajstić information content (AvgIpc) is 2.90. The van der Waals surface area contributed by atoms with Gasteiger partial charge in [0.05, 0.1) is 5.69 Å². The Balaban J connectivity index is 2.12. The summed E-state index contributed by atoms with van der Waals surface area (Å²) in [6.45, 7) is 0. The van der Waals surface area contributed by atoms with E-state index in [9.17, 15) is 9.59 Å². The topological polar surface area (TPSA) is 97.1 Å². The van der Waals surface area contributed by atoms with Crippen LogP contribution in [0.1, 0.15) is 0 Å². The maximum atomic E-state index is 11.4. The van der Waals surface area contributed by atoms with Crippen LogP contribution in [0, 0.1) is 0 Å². The van der Waals surface area contributed by atoms with E-state index in [0.717, 1.165) is 17.8 Å². The fraction of sp³-hybridized carbons (Fsp3) is 0. The van der Waals surface area contributed by atoms with Crippen LogP contribution in [0.25, 0.3) is 5.69 Å². The van der Waals surface area contributed by atoms with Crippen molar-refractivity contribution in [2.75, 3.05) is 5.32 Å². The van der Waals surface area contributed by atoms with Gasteiger partial charge in [0, 0.05) is 17.8 Å². The highest BCUT2D eigenvalue weighted by Gasteiger charge is 2.01. The smallest absolute Gasteiger partial charge is 0.328 e. The Hall–Kier alpha value is -2.96. The van der Waals surface area contributed by atoms with Crippen molar-refractivity contribution in [3.8, 4) is 5.69 Å². The van der Waals surface area contributed by atoms with E-state index in [2.05, 4.69) is 15.5 Å². The Bertz CT molecular complexity index is 620. The molecule has 0 saturated carbocycles. The zero-order chi connectivity index (χ0) is 13.7. The standard InChI is InChI=1S/C12H10N4O3/c17-11(4-5-12(18)19)15-9-2-1-3-10(6-9)16-7-13-14-8-16/h1-8H,(H,15,17)(H,18,19)/b5-4+. The SMILES string of the molecule is O=C(O)/C=C/C(=O)Nc1cccc(-n2cnnc2)c1. The third kappa shape index (κ3) is 3.50. The number of rotatable bonds is 4. The molecular formula is C12H10N4O3. The highest BCUT2D eigenvalue weighted by atomic mass is 16.4. The van der Waals surface area contributed by atoms with Crippen LogP contribution >= 0.6 is 0 Å². The normalized spacial score (nSPS) is 10.5. The van der Waals surface area contributed by atoms with Crippen molar-refractivity contribution in [1.29, 1.82) is 0 Å². The van der Waals surface area contributed by atoms with Gasteiger partial charge >= 0.3 is 5.97 Å².